The lowest BCUT2D eigenvalue weighted by Gasteiger charge is -2.15. The van der Waals surface area contributed by atoms with E-state index in [1.807, 2.05) is 12.1 Å². The molecule has 74 valence electrons. The first-order valence-electron chi connectivity index (χ1n) is 4.78. The summed E-state index contributed by atoms with van der Waals surface area (Å²) in [5, 5.41) is 0. The van der Waals surface area contributed by atoms with Gasteiger partial charge in [0, 0.05) is 24.8 Å². The summed E-state index contributed by atoms with van der Waals surface area (Å²) in [5.41, 5.74) is 6.33. The van der Waals surface area contributed by atoms with E-state index in [0.717, 1.165) is 24.5 Å². The molecule has 14 heavy (non-hydrogen) atoms. The van der Waals surface area contributed by atoms with Crippen LogP contribution in [-0.4, -0.2) is 23.1 Å². The summed E-state index contributed by atoms with van der Waals surface area (Å²) >= 11 is 4.86. The molecule has 2 heterocycles. The molecule has 2 N–H and O–H groups in total. The van der Waals surface area contributed by atoms with E-state index in [1.54, 1.807) is 6.20 Å². The summed E-state index contributed by atoms with van der Waals surface area (Å²) in [6.07, 6.45) is 4.27. The predicted octanol–water partition coefficient (Wildman–Crippen LogP) is 1.32. The van der Waals surface area contributed by atoms with Crippen LogP contribution in [0, 0.1) is 0 Å². The van der Waals surface area contributed by atoms with Crippen molar-refractivity contribution in [2.75, 3.05) is 18.0 Å². The molecular formula is C10H13N3S. The van der Waals surface area contributed by atoms with Crippen LogP contribution >= 0.6 is 12.2 Å². The van der Waals surface area contributed by atoms with E-state index < -0.39 is 0 Å². The summed E-state index contributed by atoms with van der Waals surface area (Å²) in [7, 11) is 0. The molecule has 0 spiro atoms. The zero-order valence-electron chi connectivity index (χ0n) is 7.94. The number of aromatic nitrogens is 1. The third-order valence-electron chi connectivity index (χ3n) is 2.46. The first-order chi connectivity index (χ1) is 6.77. The Hall–Kier alpha value is -1.16. The molecule has 4 heteroatoms. The second-order valence-corrected chi connectivity index (χ2v) is 3.90. The number of hydrogen-bond donors (Lipinski definition) is 1. The van der Waals surface area contributed by atoms with Crippen LogP contribution in [0.5, 0.6) is 0 Å². The fraction of sp³-hybridized carbons (Fsp3) is 0.400. The van der Waals surface area contributed by atoms with E-state index in [4.69, 9.17) is 18.0 Å². The van der Waals surface area contributed by atoms with Crippen molar-refractivity contribution in [3.8, 4) is 0 Å². The van der Waals surface area contributed by atoms with Crippen LogP contribution in [0.3, 0.4) is 0 Å². The van der Waals surface area contributed by atoms with Gasteiger partial charge in [0.25, 0.3) is 0 Å². The van der Waals surface area contributed by atoms with E-state index in [2.05, 4.69) is 9.88 Å². The molecule has 1 aliphatic rings. The highest BCUT2D eigenvalue weighted by atomic mass is 32.1. The zero-order valence-corrected chi connectivity index (χ0v) is 8.76. The van der Waals surface area contributed by atoms with Gasteiger partial charge in [-0.25, -0.2) is 4.98 Å². The molecule has 1 saturated heterocycles. The molecule has 0 amide bonds. The molecule has 0 aromatic carbocycles. The van der Waals surface area contributed by atoms with Crippen LogP contribution < -0.4 is 10.6 Å². The Bertz CT molecular complexity index is 328. The number of thiocarbonyl (C=S) groups is 1. The summed E-state index contributed by atoms with van der Waals surface area (Å²) in [6, 6.07) is 3.92. The van der Waals surface area contributed by atoms with Gasteiger partial charge in [-0.05, 0) is 25.0 Å². The van der Waals surface area contributed by atoms with Crippen molar-refractivity contribution in [1.29, 1.82) is 0 Å². The second-order valence-electron chi connectivity index (χ2n) is 3.46. The van der Waals surface area contributed by atoms with Gasteiger partial charge in [-0.15, -0.1) is 0 Å². The molecule has 0 unspecified atom stereocenters. The molecule has 1 aromatic heterocycles. The zero-order chi connectivity index (χ0) is 9.97. The first-order valence-corrected chi connectivity index (χ1v) is 5.19. The smallest absolute Gasteiger partial charge is 0.128 e. The normalized spacial score (nSPS) is 15.9. The van der Waals surface area contributed by atoms with Gasteiger partial charge in [0.1, 0.15) is 10.8 Å². The van der Waals surface area contributed by atoms with Crippen molar-refractivity contribution >= 4 is 23.0 Å². The minimum atomic E-state index is 0.408. The second kappa shape index (κ2) is 3.92. The van der Waals surface area contributed by atoms with E-state index in [1.165, 1.54) is 12.8 Å². The van der Waals surface area contributed by atoms with Crippen LogP contribution in [0.4, 0.5) is 5.82 Å². The van der Waals surface area contributed by atoms with Crippen molar-refractivity contribution in [3.05, 3.63) is 23.9 Å². The fourth-order valence-corrected chi connectivity index (χ4v) is 1.79. The molecule has 0 bridgehead atoms. The van der Waals surface area contributed by atoms with Gasteiger partial charge in [-0.1, -0.05) is 12.2 Å². The Balaban J connectivity index is 2.16. The molecule has 1 aliphatic heterocycles. The standard InChI is InChI=1S/C10H13N3S/c11-10(14)8-3-4-9(12-7-8)13-5-1-2-6-13/h3-4,7H,1-2,5-6H2,(H2,11,14). The van der Waals surface area contributed by atoms with E-state index >= 15 is 0 Å². The molecule has 0 saturated carbocycles. The van der Waals surface area contributed by atoms with E-state index in [0.29, 0.717) is 4.99 Å². The highest BCUT2D eigenvalue weighted by molar-refractivity contribution is 7.80. The van der Waals surface area contributed by atoms with E-state index in [9.17, 15) is 0 Å². The predicted molar refractivity (Wildman–Crippen MR) is 61.6 cm³/mol. The fourth-order valence-electron chi connectivity index (χ4n) is 1.67. The van der Waals surface area contributed by atoms with Crippen LogP contribution in [0.2, 0.25) is 0 Å². The van der Waals surface area contributed by atoms with Crippen LogP contribution in [0.15, 0.2) is 18.3 Å². The van der Waals surface area contributed by atoms with Gasteiger partial charge in [-0.2, -0.15) is 0 Å². The maximum absolute atomic E-state index is 5.50. The van der Waals surface area contributed by atoms with Gasteiger partial charge >= 0.3 is 0 Å². The Morgan fingerprint density at radius 3 is 2.57 bits per heavy atom. The third kappa shape index (κ3) is 1.85. The lowest BCUT2D eigenvalue weighted by atomic mass is 10.3. The molecule has 0 radical (unpaired) electrons. The van der Waals surface area contributed by atoms with Gasteiger partial charge in [0.2, 0.25) is 0 Å². The van der Waals surface area contributed by atoms with Gasteiger partial charge in [0.15, 0.2) is 0 Å². The van der Waals surface area contributed by atoms with Crippen molar-refractivity contribution in [3.63, 3.8) is 0 Å². The Morgan fingerprint density at radius 1 is 1.36 bits per heavy atom. The number of nitrogens with zero attached hydrogens (tertiary/aromatic N) is 2. The average molecular weight is 207 g/mol. The van der Waals surface area contributed by atoms with Gasteiger partial charge in [0.05, 0.1) is 0 Å². The maximum Gasteiger partial charge on any atom is 0.128 e. The van der Waals surface area contributed by atoms with Crippen molar-refractivity contribution < 1.29 is 0 Å². The van der Waals surface area contributed by atoms with Crippen LogP contribution in [0.1, 0.15) is 18.4 Å². The number of hydrogen-bond acceptors (Lipinski definition) is 3. The molecule has 0 aliphatic carbocycles. The monoisotopic (exact) mass is 207 g/mol. The van der Waals surface area contributed by atoms with Crippen molar-refractivity contribution in [2.45, 2.75) is 12.8 Å². The SMILES string of the molecule is NC(=S)c1ccc(N2CCCC2)nc1. The lowest BCUT2D eigenvalue weighted by Crippen LogP contribution is -2.19. The van der Waals surface area contributed by atoms with Gasteiger partial charge in [-0.3, -0.25) is 0 Å². The molecule has 2 rings (SSSR count). The van der Waals surface area contributed by atoms with Gasteiger partial charge < -0.3 is 10.6 Å². The summed E-state index contributed by atoms with van der Waals surface area (Å²) in [6.45, 7) is 2.22. The van der Waals surface area contributed by atoms with Crippen molar-refractivity contribution in [1.82, 2.24) is 4.98 Å². The highest BCUT2D eigenvalue weighted by Crippen LogP contribution is 2.17. The Labute approximate surface area is 88.9 Å². The average Bonchev–Trinajstić information content (AvgIpc) is 2.71. The lowest BCUT2D eigenvalue weighted by molar-refractivity contribution is 0.937. The summed E-state index contributed by atoms with van der Waals surface area (Å²) in [4.78, 5) is 7.03. The quantitative estimate of drug-likeness (QED) is 0.743. The number of pyridine rings is 1. The molecule has 1 fully saturated rings. The first kappa shape index (κ1) is 9.40. The number of nitrogens with two attached hydrogens (primary N) is 1. The van der Waals surface area contributed by atoms with Crippen LogP contribution in [-0.2, 0) is 0 Å². The molecule has 1 aromatic rings. The summed E-state index contributed by atoms with van der Waals surface area (Å²) in [5.74, 6) is 1.03. The minimum absolute atomic E-state index is 0.408. The summed E-state index contributed by atoms with van der Waals surface area (Å²) < 4.78 is 0. The molecular weight excluding hydrogens is 194 g/mol. The molecule has 0 atom stereocenters. The van der Waals surface area contributed by atoms with E-state index in [-0.39, 0.29) is 0 Å². The maximum atomic E-state index is 5.50. The van der Waals surface area contributed by atoms with Crippen molar-refractivity contribution in [2.24, 2.45) is 5.73 Å². The molecule has 3 nitrogen and oxygen atoms in total. The third-order valence-corrected chi connectivity index (χ3v) is 2.70. The highest BCUT2D eigenvalue weighted by Gasteiger charge is 2.12. The topological polar surface area (TPSA) is 42.1 Å². The van der Waals surface area contributed by atoms with Crippen LogP contribution in [0.25, 0.3) is 0 Å². The largest absolute Gasteiger partial charge is 0.389 e. The Morgan fingerprint density at radius 2 is 2.07 bits per heavy atom. The minimum Gasteiger partial charge on any atom is -0.389 e. The Kier molecular flexibility index (Phi) is 2.63. The number of anilines is 1. The number of rotatable bonds is 2.